The molecule has 7 heteroatoms. The predicted octanol–water partition coefficient (Wildman–Crippen LogP) is 2.34. The molecule has 1 saturated carbocycles. The van der Waals surface area contributed by atoms with Crippen molar-refractivity contribution in [3.05, 3.63) is 42.4 Å². The Morgan fingerprint density at radius 3 is 2.48 bits per heavy atom. The molecular formula is C20H22N6O. The molecule has 0 N–H and O–H groups in total. The van der Waals surface area contributed by atoms with Crippen molar-refractivity contribution in [1.29, 1.82) is 0 Å². The zero-order chi connectivity index (χ0) is 18.0. The van der Waals surface area contributed by atoms with Gasteiger partial charge in [-0.2, -0.15) is 9.61 Å². The fourth-order valence-electron chi connectivity index (χ4n) is 4.51. The van der Waals surface area contributed by atoms with E-state index in [1.54, 1.807) is 13.4 Å². The van der Waals surface area contributed by atoms with Crippen LogP contribution in [0.2, 0.25) is 0 Å². The average molecular weight is 362 g/mol. The Morgan fingerprint density at radius 2 is 1.78 bits per heavy atom. The van der Waals surface area contributed by atoms with E-state index >= 15 is 0 Å². The summed E-state index contributed by atoms with van der Waals surface area (Å²) >= 11 is 0. The fourth-order valence-corrected chi connectivity index (χ4v) is 4.51. The Balaban J connectivity index is 1.18. The summed E-state index contributed by atoms with van der Waals surface area (Å²) in [5.74, 6) is 1.53. The number of fused-ring (bicyclic) bond motifs is 1. The third-order valence-corrected chi connectivity index (χ3v) is 6.15. The molecule has 2 aliphatic heterocycles. The predicted molar refractivity (Wildman–Crippen MR) is 103 cm³/mol. The van der Waals surface area contributed by atoms with Gasteiger partial charge in [0.2, 0.25) is 5.65 Å². The van der Waals surface area contributed by atoms with Gasteiger partial charge in [-0.25, -0.2) is 0 Å². The second-order valence-corrected chi connectivity index (χ2v) is 8.24. The van der Waals surface area contributed by atoms with Crippen LogP contribution in [0.25, 0.3) is 5.65 Å². The van der Waals surface area contributed by atoms with Gasteiger partial charge >= 0.3 is 0 Å². The zero-order valence-electron chi connectivity index (χ0n) is 15.4. The van der Waals surface area contributed by atoms with Crippen LogP contribution in [0, 0.1) is 5.41 Å². The Hall–Kier alpha value is -2.83. The average Bonchev–Trinajstić information content (AvgIpc) is 3.37. The molecule has 4 heterocycles. The minimum absolute atomic E-state index is 0.403. The molecule has 2 saturated heterocycles. The van der Waals surface area contributed by atoms with E-state index in [0.717, 1.165) is 37.6 Å². The minimum atomic E-state index is 0.403. The highest BCUT2D eigenvalue weighted by atomic mass is 16.5. The molecule has 0 radical (unpaired) electrons. The van der Waals surface area contributed by atoms with Crippen molar-refractivity contribution in [1.82, 2.24) is 19.8 Å². The summed E-state index contributed by atoms with van der Waals surface area (Å²) in [4.78, 5) is 4.90. The molecule has 1 spiro atoms. The monoisotopic (exact) mass is 362 g/mol. The van der Waals surface area contributed by atoms with Gasteiger partial charge in [0.1, 0.15) is 12.1 Å². The molecule has 138 valence electrons. The lowest BCUT2D eigenvalue weighted by atomic mass is 9.72. The molecule has 1 aliphatic carbocycles. The van der Waals surface area contributed by atoms with E-state index < -0.39 is 0 Å². The normalized spacial score (nSPS) is 20.6. The van der Waals surface area contributed by atoms with Crippen LogP contribution < -0.4 is 14.5 Å². The maximum Gasteiger partial charge on any atom is 0.200 e. The first-order valence-electron chi connectivity index (χ1n) is 9.58. The molecule has 27 heavy (non-hydrogen) atoms. The van der Waals surface area contributed by atoms with Gasteiger partial charge in [-0.1, -0.05) is 0 Å². The van der Waals surface area contributed by atoms with Gasteiger partial charge in [0, 0.05) is 43.2 Å². The van der Waals surface area contributed by atoms with Crippen LogP contribution in [0.15, 0.2) is 36.7 Å². The van der Waals surface area contributed by atoms with Crippen molar-refractivity contribution in [3.8, 4) is 5.75 Å². The van der Waals surface area contributed by atoms with Crippen molar-refractivity contribution in [2.45, 2.75) is 18.8 Å². The zero-order valence-corrected chi connectivity index (χ0v) is 15.4. The van der Waals surface area contributed by atoms with E-state index in [1.165, 1.54) is 29.9 Å². The molecule has 0 unspecified atom stereocenters. The third kappa shape index (κ3) is 2.37. The van der Waals surface area contributed by atoms with Gasteiger partial charge in [-0.05, 0) is 43.2 Å². The smallest absolute Gasteiger partial charge is 0.200 e. The molecule has 2 aromatic heterocycles. The largest absolute Gasteiger partial charge is 0.497 e. The fraction of sp³-hybridized carbons (Fsp3) is 0.450. The Kier molecular flexibility index (Phi) is 3.02. The molecule has 3 aromatic rings. The summed E-state index contributed by atoms with van der Waals surface area (Å²) in [5.41, 5.74) is 4.94. The number of hydrogen-bond donors (Lipinski definition) is 0. The number of ether oxygens (including phenoxy) is 1. The van der Waals surface area contributed by atoms with Crippen LogP contribution in [-0.4, -0.2) is 53.1 Å². The molecule has 3 fully saturated rings. The van der Waals surface area contributed by atoms with Crippen LogP contribution in [0.4, 0.5) is 11.4 Å². The molecule has 6 rings (SSSR count). The summed E-state index contributed by atoms with van der Waals surface area (Å²) in [7, 11) is 1.71. The van der Waals surface area contributed by atoms with E-state index in [9.17, 15) is 0 Å². The van der Waals surface area contributed by atoms with Crippen molar-refractivity contribution in [2.24, 2.45) is 5.41 Å². The van der Waals surface area contributed by atoms with Crippen LogP contribution in [0.5, 0.6) is 5.75 Å². The van der Waals surface area contributed by atoms with Crippen molar-refractivity contribution in [3.63, 3.8) is 0 Å². The van der Waals surface area contributed by atoms with Crippen molar-refractivity contribution >= 4 is 17.0 Å². The summed E-state index contributed by atoms with van der Waals surface area (Å²) < 4.78 is 7.10. The first-order valence-corrected chi connectivity index (χ1v) is 9.58. The molecule has 0 atom stereocenters. The minimum Gasteiger partial charge on any atom is -0.497 e. The topological polar surface area (TPSA) is 58.8 Å². The number of benzene rings is 1. The number of hydrogen-bond acceptors (Lipinski definition) is 6. The standard InChI is InChI=1S/C20H22N6O/c1-27-16-6-4-15(5-7-16)24-9-20(10-24)11-25(12-20)18-8-17(14-2-3-14)23-26-13-21-22-19(18)26/h4-8,13-14H,2-3,9-12H2,1H3. The van der Waals surface area contributed by atoms with Crippen molar-refractivity contribution < 1.29 is 4.74 Å². The van der Waals surface area contributed by atoms with E-state index in [-0.39, 0.29) is 0 Å². The SMILES string of the molecule is COc1ccc(N2CC3(C2)CN(c2cc(C4CC4)nn4cnnc24)C3)cc1. The highest BCUT2D eigenvalue weighted by molar-refractivity contribution is 5.71. The number of anilines is 2. The van der Waals surface area contributed by atoms with Gasteiger partial charge in [0.15, 0.2) is 0 Å². The summed E-state index contributed by atoms with van der Waals surface area (Å²) in [6, 6.07) is 10.6. The Labute approximate surface area is 157 Å². The molecule has 1 aromatic carbocycles. The summed E-state index contributed by atoms with van der Waals surface area (Å²) in [6.07, 6.45) is 4.22. The maximum absolute atomic E-state index is 5.25. The van der Waals surface area contributed by atoms with Crippen LogP contribution in [-0.2, 0) is 0 Å². The highest BCUT2D eigenvalue weighted by Gasteiger charge is 2.52. The number of rotatable bonds is 4. The quantitative estimate of drug-likeness (QED) is 0.710. The van der Waals surface area contributed by atoms with Gasteiger partial charge in [-0.15, -0.1) is 10.2 Å². The molecule has 0 bridgehead atoms. The lowest BCUT2D eigenvalue weighted by molar-refractivity contribution is 0.157. The first-order chi connectivity index (χ1) is 13.2. The third-order valence-electron chi connectivity index (χ3n) is 6.15. The van der Waals surface area contributed by atoms with Gasteiger partial charge in [-0.3, -0.25) is 0 Å². The Bertz CT molecular complexity index is 995. The lowest BCUT2D eigenvalue weighted by Crippen LogP contribution is -2.72. The van der Waals surface area contributed by atoms with Crippen LogP contribution >= 0.6 is 0 Å². The second kappa shape index (κ2) is 5.34. The van der Waals surface area contributed by atoms with Gasteiger partial charge in [0.25, 0.3) is 0 Å². The number of aromatic nitrogens is 4. The summed E-state index contributed by atoms with van der Waals surface area (Å²) in [6.45, 7) is 4.38. The number of methoxy groups -OCH3 is 1. The Morgan fingerprint density at radius 1 is 1.04 bits per heavy atom. The number of nitrogens with zero attached hydrogens (tertiary/aromatic N) is 6. The highest BCUT2D eigenvalue weighted by Crippen LogP contribution is 2.46. The second-order valence-electron chi connectivity index (χ2n) is 8.24. The molecule has 7 nitrogen and oxygen atoms in total. The maximum atomic E-state index is 5.25. The first kappa shape index (κ1) is 15.2. The van der Waals surface area contributed by atoms with Gasteiger partial charge in [0.05, 0.1) is 18.5 Å². The molecular weight excluding hydrogens is 340 g/mol. The van der Waals surface area contributed by atoms with Crippen LogP contribution in [0.1, 0.15) is 24.5 Å². The molecule has 0 amide bonds. The van der Waals surface area contributed by atoms with E-state index in [2.05, 4.69) is 43.3 Å². The summed E-state index contributed by atoms with van der Waals surface area (Å²) in [5, 5.41) is 13.0. The molecule has 3 aliphatic rings. The van der Waals surface area contributed by atoms with E-state index in [1.807, 2.05) is 16.6 Å². The van der Waals surface area contributed by atoms with E-state index in [0.29, 0.717) is 11.3 Å². The van der Waals surface area contributed by atoms with Crippen LogP contribution in [0.3, 0.4) is 0 Å². The lowest BCUT2D eigenvalue weighted by Gasteiger charge is -2.61. The van der Waals surface area contributed by atoms with Crippen molar-refractivity contribution in [2.75, 3.05) is 43.1 Å². The van der Waals surface area contributed by atoms with E-state index in [4.69, 9.17) is 4.74 Å². The van der Waals surface area contributed by atoms with Gasteiger partial charge < -0.3 is 14.5 Å².